The van der Waals surface area contributed by atoms with Gasteiger partial charge in [0.15, 0.2) is 4.47 Å². The van der Waals surface area contributed by atoms with E-state index in [0.717, 1.165) is 10.5 Å². The molecule has 6 heteroatoms. The molecule has 18 heavy (non-hydrogen) atoms. The van der Waals surface area contributed by atoms with Crippen LogP contribution in [0.4, 0.5) is 0 Å². The molecule has 0 saturated carbocycles. The van der Waals surface area contributed by atoms with Crippen LogP contribution in [0.3, 0.4) is 0 Å². The lowest BCUT2D eigenvalue weighted by Crippen LogP contribution is -2.39. The monoisotopic (exact) mass is 278 g/mol. The number of halogens is 1. The maximum absolute atomic E-state index is 11.7. The summed E-state index contributed by atoms with van der Waals surface area (Å²) < 4.78 is 4.14. The minimum absolute atomic E-state index is 0.0378. The lowest BCUT2D eigenvalue weighted by molar-refractivity contribution is -0.665. The molecular formula is C12H9ClN3OS+. The van der Waals surface area contributed by atoms with Gasteiger partial charge in [0, 0.05) is 12.3 Å². The second kappa shape index (κ2) is 4.51. The van der Waals surface area contributed by atoms with E-state index in [2.05, 4.69) is 4.98 Å². The third-order valence-corrected chi connectivity index (χ3v) is 3.72. The van der Waals surface area contributed by atoms with Gasteiger partial charge >= 0.3 is 5.56 Å². The second-order valence-corrected chi connectivity index (χ2v) is 5.49. The molecule has 4 nitrogen and oxygen atoms in total. The molecule has 0 bridgehead atoms. The van der Waals surface area contributed by atoms with E-state index < -0.39 is 0 Å². The van der Waals surface area contributed by atoms with E-state index in [1.807, 2.05) is 22.8 Å². The number of thiazole rings is 1. The summed E-state index contributed by atoms with van der Waals surface area (Å²) in [5.41, 5.74) is 0.804. The quantitative estimate of drug-likeness (QED) is 0.670. The summed E-state index contributed by atoms with van der Waals surface area (Å²) in [5.74, 6) is 0. The SMILES string of the molecule is O=c1cc[n+](Cc2cnc(Cl)s2)c2ccccn12. The van der Waals surface area contributed by atoms with Gasteiger partial charge in [-0.15, -0.1) is 11.3 Å². The van der Waals surface area contributed by atoms with E-state index in [-0.39, 0.29) is 5.56 Å². The Kier molecular flexibility index (Phi) is 2.85. The maximum Gasteiger partial charge on any atom is 0.342 e. The summed E-state index contributed by atoms with van der Waals surface area (Å²) in [6.07, 6.45) is 5.30. The van der Waals surface area contributed by atoms with Gasteiger partial charge in [0.2, 0.25) is 0 Å². The van der Waals surface area contributed by atoms with E-state index in [1.165, 1.54) is 11.3 Å². The summed E-state index contributed by atoms with van der Waals surface area (Å²) in [6, 6.07) is 7.20. The van der Waals surface area contributed by atoms with Crippen molar-refractivity contribution in [3.63, 3.8) is 0 Å². The molecule has 0 aliphatic carbocycles. The first kappa shape index (κ1) is 11.4. The zero-order valence-corrected chi connectivity index (χ0v) is 10.9. The Labute approximate surface area is 112 Å². The van der Waals surface area contributed by atoms with Gasteiger partial charge in [0.25, 0.3) is 5.65 Å². The molecule has 0 amide bonds. The molecule has 3 rings (SSSR count). The Morgan fingerprint density at radius 2 is 2.28 bits per heavy atom. The van der Waals surface area contributed by atoms with Crippen LogP contribution >= 0.6 is 22.9 Å². The Morgan fingerprint density at radius 1 is 1.39 bits per heavy atom. The van der Waals surface area contributed by atoms with Crippen LogP contribution in [0.2, 0.25) is 4.47 Å². The summed E-state index contributed by atoms with van der Waals surface area (Å²) in [7, 11) is 0. The van der Waals surface area contributed by atoms with Gasteiger partial charge in [-0.25, -0.2) is 14.3 Å². The maximum atomic E-state index is 11.7. The lowest BCUT2D eigenvalue weighted by atomic mass is 10.4. The molecule has 0 fully saturated rings. The van der Waals surface area contributed by atoms with Crippen LogP contribution in [-0.4, -0.2) is 9.38 Å². The fourth-order valence-corrected chi connectivity index (χ4v) is 2.80. The average Bonchev–Trinajstić information content (AvgIpc) is 2.79. The first-order chi connectivity index (χ1) is 8.74. The molecular weight excluding hydrogens is 270 g/mol. The van der Waals surface area contributed by atoms with Crippen molar-refractivity contribution in [2.24, 2.45) is 0 Å². The standard InChI is InChI=1S/C12H9ClN3OS/c13-12-14-7-9(18-12)8-15-6-4-11(17)16-5-2-1-3-10(15)16/h1-7H,8H2/q+1. The van der Waals surface area contributed by atoms with E-state index in [1.54, 1.807) is 29.1 Å². The summed E-state index contributed by atoms with van der Waals surface area (Å²) in [6.45, 7) is 0.651. The van der Waals surface area contributed by atoms with Crippen molar-refractivity contribution in [3.05, 3.63) is 62.6 Å². The van der Waals surface area contributed by atoms with Gasteiger partial charge in [-0.1, -0.05) is 17.7 Å². The highest BCUT2D eigenvalue weighted by molar-refractivity contribution is 7.15. The van der Waals surface area contributed by atoms with Gasteiger partial charge < -0.3 is 0 Å². The third-order valence-electron chi connectivity index (χ3n) is 2.62. The molecule has 0 aliphatic rings. The average molecular weight is 279 g/mol. The summed E-state index contributed by atoms with van der Waals surface area (Å²) >= 11 is 7.25. The zero-order chi connectivity index (χ0) is 12.5. The van der Waals surface area contributed by atoms with Gasteiger partial charge in [0.05, 0.1) is 23.3 Å². The minimum atomic E-state index is -0.0378. The fourth-order valence-electron chi connectivity index (χ4n) is 1.82. The number of aromatic nitrogens is 3. The van der Waals surface area contributed by atoms with Crippen molar-refractivity contribution in [2.45, 2.75) is 6.54 Å². The van der Waals surface area contributed by atoms with E-state index in [0.29, 0.717) is 11.0 Å². The van der Waals surface area contributed by atoms with Gasteiger partial charge in [-0.2, -0.15) is 4.40 Å². The van der Waals surface area contributed by atoms with Gasteiger partial charge in [0.1, 0.15) is 6.54 Å². The van der Waals surface area contributed by atoms with Gasteiger partial charge in [-0.3, -0.25) is 0 Å². The zero-order valence-electron chi connectivity index (χ0n) is 9.28. The van der Waals surface area contributed by atoms with Crippen LogP contribution in [-0.2, 0) is 6.54 Å². The molecule has 0 aromatic carbocycles. The third kappa shape index (κ3) is 2.02. The topological polar surface area (TPSA) is 38.2 Å². The Morgan fingerprint density at radius 3 is 3.06 bits per heavy atom. The largest absolute Gasteiger partial charge is 0.342 e. The first-order valence-corrected chi connectivity index (χ1v) is 6.53. The van der Waals surface area contributed by atoms with Crippen LogP contribution in [0.1, 0.15) is 4.88 Å². The summed E-state index contributed by atoms with van der Waals surface area (Å²) in [4.78, 5) is 16.8. The van der Waals surface area contributed by atoms with Crippen molar-refractivity contribution in [2.75, 3.05) is 0 Å². The first-order valence-electron chi connectivity index (χ1n) is 5.34. The van der Waals surface area contributed by atoms with Crippen molar-refractivity contribution >= 4 is 28.6 Å². The number of rotatable bonds is 2. The smallest absolute Gasteiger partial charge is 0.241 e. The molecule has 0 unspecified atom stereocenters. The number of fused-ring (bicyclic) bond motifs is 1. The lowest BCUT2D eigenvalue weighted by Gasteiger charge is -2.00. The van der Waals surface area contributed by atoms with Crippen LogP contribution < -0.4 is 10.1 Å². The number of hydrogen-bond acceptors (Lipinski definition) is 3. The second-order valence-electron chi connectivity index (χ2n) is 3.79. The van der Waals surface area contributed by atoms with Crippen molar-refractivity contribution < 1.29 is 4.57 Å². The van der Waals surface area contributed by atoms with Crippen LogP contribution in [0.25, 0.3) is 5.65 Å². The molecule has 3 aromatic heterocycles. The predicted octanol–water partition coefficient (Wildman–Crippen LogP) is 1.75. The van der Waals surface area contributed by atoms with E-state index in [4.69, 9.17) is 11.6 Å². The predicted molar refractivity (Wildman–Crippen MR) is 70.1 cm³/mol. The van der Waals surface area contributed by atoms with E-state index >= 15 is 0 Å². The molecule has 0 atom stereocenters. The van der Waals surface area contributed by atoms with Gasteiger partial charge in [-0.05, 0) is 6.07 Å². The van der Waals surface area contributed by atoms with Crippen molar-refractivity contribution in [1.29, 1.82) is 0 Å². The molecule has 0 radical (unpaired) electrons. The number of nitrogens with zero attached hydrogens (tertiary/aromatic N) is 3. The molecule has 0 spiro atoms. The molecule has 0 N–H and O–H groups in total. The molecule has 0 aliphatic heterocycles. The van der Waals surface area contributed by atoms with E-state index in [9.17, 15) is 4.79 Å². The molecule has 3 aromatic rings. The molecule has 90 valence electrons. The van der Waals surface area contributed by atoms with Crippen LogP contribution in [0.5, 0.6) is 0 Å². The minimum Gasteiger partial charge on any atom is -0.241 e. The fraction of sp³-hybridized carbons (Fsp3) is 0.0833. The Hall–Kier alpha value is -1.72. The van der Waals surface area contributed by atoms with Crippen molar-refractivity contribution in [1.82, 2.24) is 9.38 Å². The highest BCUT2D eigenvalue weighted by Gasteiger charge is 2.11. The highest BCUT2D eigenvalue weighted by atomic mass is 35.5. The number of pyridine rings is 1. The highest BCUT2D eigenvalue weighted by Crippen LogP contribution is 2.17. The van der Waals surface area contributed by atoms with Crippen LogP contribution in [0, 0.1) is 0 Å². The molecule has 3 heterocycles. The van der Waals surface area contributed by atoms with Crippen LogP contribution in [0.15, 0.2) is 47.7 Å². The normalized spacial score (nSPS) is 10.9. The summed E-state index contributed by atoms with van der Waals surface area (Å²) in [5, 5.41) is 0. The van der Waals surface area contributed by atoms with Crippen molar-refractivity contribution in [3.8, 4) is 0 Å². The number of hydrogen-bond donors (Lipinski definition) is 0. The Balaban J connectivity index is 2.12. The molecule has 0 saturated heterocycles. The Bertz CT molecular complexity index is 765.